The molecule has 1 fully saturated rings. The molecule has 0 bridgehead atoms. The summed E-state index contributed by atoms with van der Waals surface area (Å²) in [6.07, 6.45) is 5.63. The van der Waals surface area contributed by atoms with Crippen LogP contribution in [0.5, 0.6) is 11.5 Å². The van der Waals surface area contributed by atoms with Gasteiger partial charge < -0.3 is 9.47 Å². The molecule has 0 amide bonds. The molecule has 0 atom stereocenters. The van der Waals surface area contributed by atoms with Gasteiger partial charge in [0, 0.05) is 11.6 Å². The number of aliphatic imine (C=N–C) groups is 1. The molecule has 0 radical (unpaired) electrons. The maximum Gasteiger partial charge on any atom is 0.235 e. The van der Waals surface area contributed by atoms with Crippen molar-refractivity contribution in [3.8, 4) is 11.5 Å². The van der Waals surface area contributed by atoms with Crippen LogP contribution in [0.15, 0.2) is 17.1 Å². The van der Waals surface area contributed by atoms with Gasteiger partial charge in [0.1, 0.15) is 17.0 Å². The van der Waals surface area contributed by atoms with Gasteiger partial charge in [0.15, 0.2) is 0 Å². The third-order valence-corrected chi connectivity index (χ3v) is 4.37. The Bertz CT molecular complexity index is 553. The van der Waals surface area contributed by atoms with Crippen molar-refractivity contribution in [3.63, 3.8) is 0 Å². The normalized spacial score (nSPS) is 16.6. The summed E-state index contributed by atoms with van der Waals surface area (Å²) < 4.78 is 11.0. The SMILES string of the molecule is COc1cc(OC)c(C2(N=C=O)CCCC2)cc1C(C)C. The number of hydrogen-bond acceptors (Lipinski definition) is 4. The van der Waals surface area contributed by atoms with E-state index in [1.807, 2.05) is 6.07 Å². The number of rotatable bonds is 5. The van der Waals surface area contributed by atoms with E-state index >= 15 is 0 Å². The topological polar surface area (TPSA) is 47.9 Å². The van der Waals surface area contributed by atoms with Crippen molar-refractivity contribution in [2.45, 2.75) is 51.0 Å². The van der Waals surface area contributed by atoms with Crippen LogP contribution in [0.25, 0.3) is 0 Å². The molecule has 1 aliphatic carbocycles. The maximum absolute atomic E-state index is 10.9. The molecule has 21 heavy (non-hydrogen) atoms. The predicted molar refractivity (Wildman–Crippen MR) is 81.9 cm³/mol. The van der Waals surface area contributed by atoms with Crippen molar-refractivity contribution in [2.24, 2.45) is 4.99 Å². The summed E-state index contributed by atoms with van der Waals surface area (Å²) in [6.45, 7) is 4.25. The first kappa shape index (κ1) is 15.6. The molecule has 114 valence electrons. The van der Waals surface area contributed by atoms with Crippen molar-refractivity contribution in [2.75, 3.05) is 14.2 Å². The van der Waals surface area contributed by atoms with Gasteiger partial charge in [-0.15, -0.1) is 0 Å². The molecule has 4 heteroatoms. The second-order valence-electron chi connectivity index (χ2n) is 5.89. The lowest BCUT2D eigenvalue weighted by atomic mass is 9.85. The van der Waals surface area contributed by atoms with Gasteiger partial charge >= 0.3 is 0 Å². The highest BCUT2D eigenvalue weighted by molar-refractivity contribution is 5.52. The zero-order valence-corrected chi connectivity index (χ0v) is 13.2. The van der Waals surface area contributed by atoms with Gasteiger partial charge in [-0.2, -0.15) is 4.99 Å². The summed E-state index contributed by atoms with van der Waals surface area (Å²) in [5, 5.41) is 0. The largest absolute Gasteiger partial charge is 0.496 e. The van der Waals surface area contributed by atoms with E-state index < -0.39 is 5.54 Å². The Hall–Kier alpha value is -1.80. The van der Waals surface area contributed by atoms with Crippen LogP contribution in [0.4, 0.5) is 0 Å². The molecule has 1 saturated carbocycles. The molecule has 1 aromatic carbocycles. The summed E-state index contributed by atoms with van der Waals surface area (Å²) in [5.74, 6) is 1.87. The first-order valence-corrected chi connectivity index (χ1v) is 7.43. The second-order valence-corrected chi connectivity index (χ2v) is 5.89. The highest BCUT2D eigenvalue weighted by Gasteiger charge is 2.38. The summed E-state index contributed by atoms with van der Waals surface area (Å²) in [4.78, 5) is 15.1. The Labute approximate surface area is 126 Å². The molecule has 0 aromatic heterocycles. The third-order valence-electron chi connectivity index (χ3n) is 4.37. The van der Waals surface area contributed by atoms with Crippen molar-refractivity contribution >= 4 is 6.08 Å². The molecule has 0 spiro atoms. The Morgan fingerprint density at radius 2 is 1.76 bits per heavy atom. The number of ether oxygens (including phenoxy) is 2. The van der Waals surface area contributed by atoms with Crippen LogP contribution in [-0.2, 0) is 10.3 Å². The van der Waals surface area contributed by atoms with E-state index in [9.17, 15) is 4.79 Å². The highest BCUT2D eigenvalue weighted by Crippen LogP contribution is 2.48. The number of methoxy groups -OCH3 is 2. The summed E-state index contributed by atoms with van der Waals surface area (Å²) in [5.41, 5.74) is 1.61. The molecule has 2 rings (SSSR count). The summed E-state index contributed by atoms with van der Waals surface area (Å²) in [7, 11) is 3.30. The van der Waals surface area contributed by atoms with E-state index in [-0.39, 0.29) is 0 Å². The minimum Gasteiger partial charge on any atom is -0.496 e. The quantitative estimate of drug-likeness (QED) is 0.609. The van der Waals surface area contributed by atoms with E-state index in [0.29, 0.717) is 5.92 Å². The van der Waals surface area contributed by atoms with E-state index in [4.69, 9.17) is 9.47 Å². The molecule has 1 aliphatic rings. The lowest BCUT2D eigenvalue weighted by Crippen LogP contribution is -2.20. The van der Waals surface area contributed by atoms with Gasteiger partial charge in [-0.3, -0.25) is 0 Å². The molecule has 0 N–H and O–H groups in total. The number of carbonyl (C=O) groups excluding carboxylic acids is 1. The van der Waals surface area contributed by atoms with Gasteiger partial charge in [0.2, 0.25) is 6.08 Å². The average molecular weight is 289 g/mol. The Morgan fingerprint density at radius 3 is 2.24 bits per heavy atom. The van der Waals surface area contributed by atoms with E-state index in [1.165, 1.54) is 0 Å². The zero-order valence-electron chi connectivity index (χ0n) is 13.2. The Morgan fingerprint density at radius 1 is 1.14 bits per heavy atom. The van der Waals surface area contributed by atoms with Crippen LogP contribution in [0.2, 0.25) is 0 Å². The monoisotopic (exact) mass is 289 g/mol. The van der Waals surface area contributed by atoms with Gasteiger partial charge in [-0.05, 0) is 30.4 Å². The average Bonchev–Trinajstić information content (AvgIpc) is 2.95. The lowest BCUT2D eigenvalue weighted by Gasteiger charge is -2.27. The van der Waals surface area contributed by atoms with Crippen LogP contribution in [0.3, 0.4) is 0 Å². The fourth-order valence-electron chi connectivity index (χ4n) is 3.23. The third kappa shape index (κ3) is 2.81. The fourth-order valence-corrected chi connectivity index (χ4v) is 3.23. The number of nitrogens with zero attached hydrogens (tertiary/aromatic N) is 1. The predicted octanol–water partition coefficient (Wildman–Crippen LogP) is 3.93. The van der Waals surface area contributed by atoms with Crippen LogP contribution in [-0.4, -0.2) is 20.3 Å². The second kappa shape index (κ2) is 6.31. The van der Waals surface area contributed by atoms with Crippen molar-refractivity contribution < 1.29 is 14.3 Å². The Kier molecular flexibility index (Phi) is 4.69. The van der Waals surface area contributed by atoms with Crippen molar-refractivity contribution in [1.82, 2.24) is 0 Å². The number of hydrogen-bond donors (Lipinski definition) is 0. The van der Waals surface area contributed by atoms with Crippen LogP contribution in [0.1, 0.15) is 56.6 Å². The summed E-state index contributed by atoms with van der Waals surface area (Å²) in [6, 6.07) is 4.00. The van der Waals surface area contributed by atoms with Crippen molar-refractivity contribution in [3.05, 3.63) is 23.3 Å². The summed E-state index contributed by atoms with van der Waals surface area (Å²) >= 11 is 0. The smallest absolute Gasteiger partial charge is 0.235 e. The van der Waals surface area contributed by atoms with E-state index in [2.05, 4.69) is 24.9 Å². The number of isocyanates is 1. The maximum atomic E-state index is 10.9. The van der Waals surface area contributed by atoms with E-state index in [0.717, 1.165) is 48.3 Å². The fraction of sp³-hybridized carbons (Fsp3) is 0.588. The zero-order chi connectivity index (χ0) is 15.5. The van der Waals surface area contributed by atoms with E-state index in [1.54, 1.807) is 20.3 Å². The highest BCUT2D eigenvalue weighted by atomic mass is 16.5. The van der Waals surface area contributed by atoms with Crippen LogP contribution < -0.4 is 9.47 Å². The van der Waals surface area contributed by atoms with Gasteiger partial charge in [-0.1, -0.05) is 26.7 Å². The van der Waals surface area contributed by atoms with Crippen molar-refractivity contribution in [1.29, 1.82) is 0 Å². The van der Waals surface area contributed by atoms with Gasteiger partial charge in [-0.25, -0.2) is 4.79 Å². The molecule has 0 aliphatic heterocycles. The minimum atomic E-state index is -0.483. The lowest BCUT2D eigenvalue weighted by molar-refractivity contribution is 0.367. The molecule has 1 aromatic rings. The van der Waals surface area contributed by atoms with Gasteiger partial charge in [0.25, 0.3) is 0 Å². The molecular formula is C17H23NO3. The Balaban J connectivity index is 2.65. The van der Waals surface area contributed by atoms with Crippen LogP contribution >= 0.6 is 0 Å². The van der Waals surface area contributed by atoms with Crippen LogP contribution in [0, 0.1) is 0 Å². The standard InChI is InChI=1S/C17H23NO3/c1-12(2)13-9-14(16(21-4)10-15(13)20-3)17(18-11-19)7-5-6-8-17/h9-10,12H,5-8H2,1-4H3. The van der Waals surface area contributed by atoms with Gasteiger partial charge in [0.05, 0.1) is 14.2 Å². The molecule has 0 heterocycles. The molecule has 0 saturated heterocycles. The first-order valence-electron chi connectivity index (χ1n) is 7.43. The minimum absolute atomic E-state index is 0.322. The number of benzene rings is 1. The first-order chi connectivity index (χ1) is 10.1. The molecular weight excluding hydrogens is 266 g/mol. The molecule has 0 unspecified atom stereocenters. The molecule has 4 nitrogen and oxygen atoms in total.